The van der Waals surface area contributed by atoms with E-state index >= 15 is 0 Å². The number of para-hydroxylation sites is 1. The number of carbonyl (C=O) groups excluding carboxylic acids is 1. The van der Waals surface area contributed by atoms with Crippen LogP contribution in [0.3, 0.4) is 0 Å². The van der Waals surface area contributed by atoms with Crippen LogP contribution in [0.5, 0.6) is 28.7 Å². The first-order chi connectivity index (χ1) is 20.4. The number of nitroso groups, excluding NO2 is 1. The number of nitrogens with two attached hydrogens (primary N) is 1. The molecular formula is C29H21N6O7+. The number of aromatic nitrogens is 2. The quantitative estimate of drug-likeness (QED) is 0.0892. The van der Waals surface area contributed by atoms with Crippen molar-refractivity contribution >= 4 is 29.1 Å². The van der Waals surface area contributed by atoms with Crippen LogP contribution in [0, 0.1) is 15.0 Å². The highest BCUT2D eigenvalue weighted by Crippen LogP contribution is 2.32. The van der Waals surface area contributed by atoms with Crippen molar-refractivity contribution < 1.29 is 28.8 Å². The van der Waals surface area contributed by atoms with Crippen LogP contribution < -0.4 is 25.0 Å². The molecular weight excluding hydrogens is 544 g/mol. The summed E-state index contributed by atoms with van der Waals surface area (Å²) in [4.78, 5) is 45.2. The molecule has 3 aromatic carbocycles. The van der Waals surface area contributed by atoms with Crippen LogP contribution in [-0.2, 0) is 0 Å². The van der Waals surface area contributed by atoms with Gasteiger partial charge < -0.3 is 14.2 Å². The Balaban J connectivity index is 1.46. The lowest BCUT2D eigenvalue weighted by Gasteiger charge is -2.21. The monoisotopic (exact) mass is 565 g/mol. The number of nitrogens with zero attached hydrogens (tertiary/aromatic N) is 5. The Labute approximate surface area is 238 Å². The Morgan fingerprint density at radius 2 is 1.17 bits per heavy atom. The summed E-state index contributed by atoms with van der Waals surface area (Å²) < 4.78 is 17.3. The standard InChI is InChI=1S/C29H21N6O7/c30-34(37)20-6-10-23(11-7-20)40-25-14-16-31-27(18-25)33(29(36)42-22-4-2-1-3-5-22)28-19-26(15-17-32-28)41-24-12-8-21(9-13-24)35(38)39/h1-19H,(H2,30,37)/q+1. The van der Waals surface area contributed by atoms with E-state index in [1.54, 1.807) is 54.6 Å². The number of non-ortho nitro benzene ring substituents is 1. The highest BCUT2D eigenvalue weighted by Gasteiger charge is 2.24. The second-order valence-electron chi connectivity index (χ2n) is 8.49. The molecule has 2 aromatic heterocycles. The van der Waals surface area contributed by atoms with Gasteiger partial charge >= 0.3 is 6.09 Å². The number of anilines is 2. The van der Waals surface area contributed by atoms with Gasteiger partial charge in [-0.05, 0) is 48.5 Å². The maximum absolute atomic E-state index is 13.5. The Bertz CT molecular complexity index is 1630. The Hall–Kier alpha value is -6.37. The van der Waals surface area contributed by atoms with Crippen LogP contribution in [0.2, 0.25) is 0 Å². The predicted octanol–water partition coefficient (Wildman–Crippen LogP) is 6.59. The molecule has 0 unspecified atom stereocenters. The molecule has 13 nitrogen and oxygen atoms in total. The molecule has 0 bridgehead atoms. The second-order valence-corrected chi connectivity index (χ2v) is 8.49. The maximum Gasteiger partial charge on any atom is 0.426 e. The minimum absolute atomic E-state index is 0.0801. The zero-order valence-corrected chi connectivity index (χ0v) is 21.6. The number of hydrogen-bond acceptors (Lipinski definition) is 9. The number of pyridine rings is 2. The van der Waals surface area contributed by atoms with Gasteiger partial charge in [-0.25, -0.2) is 19.7 Å². The number of ether oxygens (including phenoxy) is 3. The van der Waals surface area contributed by atoms with Crippen LogP contribution >= 0.6 is 0 Å². The van der Waals surface area contributed by atoms with Gasteiger partial charge in [0.25, 0.3) is 11.4 Å². The summed E-state index contributed by atoms with van der Waals surface area (Å²) in [7, 11) is 0. The number of nitro groups is 1. The maximum atomic E-state index is 13.5. The first-order valence-corrected chi connectivity index (χ1v) is 12.3. The lowest BCUT2D eigenvalue weighted by molar-refractivity contribution is -0.474. The van der Waals surface area contributed by atoms with E-state index in [2.05, 4.69) is 9.97 Å². The number of hydrazine groups is 1. The fourth-order valence-electron chi connectivity index (χ4n) is 3.68. The van der Waals surface area contributed by atoms with Crippen LogP contribution in [-0.4, -0.2) is 25.9 Å². The number of amides is 1. The lowest BCUT2D eigenvalue weighted by atomic mass is 10.3. The van der Waals surface area contributed by atoms with Gasteiger partial charge in [-0.2, -0.15) is 5.84 Å². The summed E-state index contributed by atoms with van der Waals surface area (Å²) in [5.74, 6) is 7.13. The topological polar surface area (TPSA) is 163 Å². The van der Waals surface area contributed by atoms with Crippen LogP contribution in [0.4, 0.5) is 27.8 Å². The SMILES string of the molecule is N[N+](=O)c1ccc(Oc2ccnc(N(C(=O)Oc3ccccc3)c3cc(Oc4ccc([N+](=O)[O-])cc4)ccn3)c2)cc1. The molecule has 0 fully saturated rings. The van der Waals surface area contributed by atoms with E-state index in [0.29, 0.717) is 28.7 Å². The molecule has 0 spiro atoms. The van der Waals surface area contributed by atoms with Gasteiger partial charge in [-0.1, -0.05) is 18.2 Å². The van der Waals surface area contributed by atoms with Crippen molar-refractivity contribution in [2.45, 2.75) is 0 Å². The molecule has 0 atom stereocenters. The average Bonchev–Trinajstić information content (AvgIpc) is 2.99. The van der Waals surface area contributed by atoms with Gasteiger partial charge in [-0.3, -0.25) is 10.1 Å². The lowest BCUT2D eigenvalue weighted by Crippen LogP contribution is -2.30. The smallest absolute Gasteiger partial charge is 0.426 e. The van der Waals surface area contributed by atoms with Crippen molar-refractivity contribution in [2.75, 3.05) is 4.90 Å². The fourth-order valence-corrected chi connectivity index (χ4v) is 3.68. The molecule has 13 heteroatoms. The highest BCUT2D eigenvalue weighted by molar-refractivity contribution is 5.95. The van der Waals surface area contributed by atoms with E-state index in [4.69, 9.17) is 20.1 Å². The fraction of sp³-hybridized carbons (Fsp3) is 0. The van der Waals surface area contributed by atoms with Gasteiger partial charge in [0.1, 0.15) is 40.4 Å². The normalized spacial score (nSPS) is 10.4. The minimum Gasteiger partial charge on any atom is -0.457 e. The van der Waals surface area contributed by atoms with E-state index in [0.717, 1.165) is 4.90 Å². The molecule has 2 N–H and O–H groups in total. The van der Waals surface area contributed by atoms with Crippen molar-refractivity contribution in [1.82, 2.24) is 9.97 Å². The van der Waals surface area contributed by atoms with Crippen molar-refractivity contribution in [3.05, 3.63) is 131 Å². The zero-order valence-electron chi connectivity index (χ0n) is 21.6. The third-order valence-electron chi connectivity index (χ3n) is 5.63. The Kier molecular flexibility index (Phi) is 7.91. The van der Waals surface area contributed by atoms with Crippen LogP contribution in [0.1, 0.15) is 0 Å². The minimum atomic E-state index is -0.811. The van der Waals surface area contributed by atoms with Gasteiger partial charge in [0, 0.05) is 48.8 Å². The van der Waals surface area contributed by atoms with Crippen LogP contribution in [0.15, 0.2) is 116 Å². The van der Waals surface area contributed by atoms with Crippen molar-refractivity contribution in [1.29, 1.82) is 0 Å². The van der Waals surface area contributed by atoms with Crippen LogP contribution in [0.25, 0.3) is 0 Å². The van der Waals surface area contributed by atoms with Gasteiger partial charge in [0.05, 0.1) is 9.83 Å². The average molecular weight is 566 g/mol. The first-order valence-electron chi connectivity index (χ1n) is 12.3. The third kappa shape index (κ3) is 6.60. The largest absolute Gasteiger partial charge is 0.457 e. The molecule has 42 heavy (non-hydrogen) atoms. The molecule has 208 valence electrons. The van der Waals surface area contributed by atoms with Crippen molar-refractivity contribution in [2.24, 2.45) is 5.84 Å². The molecule has 0 saturated carbocycles. The molecule has 1 amide bonds. The summed E-state index contributed by atoms with van der Waals surface area (Å²) in [6.45, 7) is 0. The molecule has 5 aromatic rings. The molecule has 0 aliphatic carbocycles. The molecule has 5 rings (SSSR count). The van der Waals surface area contributed by atoms with E-state index < -0.39 is 11.0 Å². The van der Waals surface area contributed by atoms with Gasteiger partial charge in [0.2, 0.25) is 0 Å². The summed E-state index contributed by atoms with van der Waals surface area (Å²) >= 11 is 0. The molecule has 2 heterocycles. The van der Waals surface area contributed by atoms with Gasteiger partial charge in [-0.15, -0.1) is 0 Å². The predicted molar refractivity (Wildman–Crippen MR) is 150 cm³/mol. The van der Waals surface area contributed by atoms with Crippen molar-refractivity contribution in [3.8, 4) is 28.7 Å². The van der Waals surface area contributed by atoms with E-state index in [9.17, 15) is 19.8 Å². The summed E-state index contributed by atoms with van der Waals surface area (Å²) in [5.41, 5.74) is 0.165. The zero-order chi connectivity index (χ0) is 29.5. The molecule has 0 radical (unpaired) electrons. The summed E-state index contributed by atoms with van der Waals surface area (Å²) in [6, 6.07) is 26.3. The number of benzene rings is 3. The van der Waals surface area contributed by atoms with Gasteiger partial charge in [0.15, 0.2) is 4.87 Å². The number of nitro benzene ring substituents is 1. The Morgan fingerprint density at radius 1 is 0.667 bits per heavy atom. The highest BCUT2D eigenvalue weighted by atomic mass is 16.6. The first kappa shape index (κ1) is 27.2. The van der Waals surface area contributed by atoms with E-state index in [-0.39, 0.29) is 27.9 Å². The number of hydrogen-bond donors (Lipinski definition) is 1. The second kappa shape index (κ2) is 12.2. The Morgan fingerprint density at radius 3 is 1.64 bits per heavy atom. The molecule has 0 saturated heterocycles. The summed E-state index contributed by atoms with van der Waals surface area (Å²) in [5, 5.41) is 11.0. The van der Waals surface area contributed by atoms with Crippen molar-refractivity contribution in [3.63, 3.8) is 0 Å². The summed E-state index contributed by atoms with van der Waals surface area (Å²) in [6.07, 6.45) is 2.06. The molecule has 0 aliphatic rings. The number of rotatable bonds is 9. The molecule has 0 aliphatic heterocycles. The van der Waals surface area contributed by atoms with E-state index in [1.807, 2.05) is 0 Å². The number of carbonyl (C=O) groups is 1. The third-order valence-corrected chi connectivity index (χ3v) is 5.63. The van der Waals surface area contributed by atoms with E-state index in [1.165, 1.54) is 60.9 Å².